The van der Waals surface area contributed by atoms with E-state index in [1.807, 2.05) is 0 Å². The van der Waals surface area contributed by atoms with Crippen molar-refractivity contribution in [1.29, 1.82) is 0 Å². The lowest BCUT2D eigenvalue weighted by molar-refractivity contribution is 0.338. The summed E-state index contributed by atoms with van der Waals surface area (Å²) in [6.07, 6.45) is 4.72. The number of nitrogens with two attached hydrogens (primary N) is 1. The molecule has 0 amide bonds. The average Bonchev–Trinajstić information content (AvgIpc) is 2.53. The van der Waals surface area contributed by atoms with E-state index < -0.39 is 0 Å². The van der Waals surface area contributed by atoms with Gasteiger partial charge >= 0.3 is 0 Å². The van der Waals surface area contributed by atoms with Crippen LogP contribution in [-0.2, 0) is 6.42 Å². The number of piperidine rings is 1. The summed E-state index contributed by atoms with van der Waals surface area (Å²) < 4.78 is 5.05. The van der Waals surface area contributed by atoms with Gasteiger partial charge in [0.1, 0.15) is 5.76 Å². The lowest BCUT2D eigenvalue weighted by atomic mass is 10.0. The smallest absolute Gasteiger partial charge is 0.167 e. The van der Waals surface area contributed by atoms with E-state index in [1.54, 1.807) is 6.07 Å². The Morgan fingerprint density at radius 2 is 2.54 bits per heavy atom. The normalized spacial score (nSPS) is 23.2. The lowest BCUT2D eigenvalue weighted by Crippen LogP contribution is -2.35. The van der Waals surface area contributed by atoms with Crippen molar-refractivity contribution in [3.63, 3.8) is 0 Å². The van der Waals surface area contributed by atoms with Gasteiger partial charge in [-0.1, -0.05) is 11.6 Å². The quantitative estimate of drug-likeness (QED) is 0.712. The molecule has 0 saturated carbocycles. The van der Waals surface area contributed by atoms with Crippen LogP contribution < -0.4 is 11.1 Å². The number of hydrogen-bond acceptors (Lipinski definition) is 4. The Hall–Kier alpha value is -1.03. The fraction of sp³-hybridized carbons (Fsp3) is 0.667. The SMILES string of the molecule is Nc1cc(CC2CCCCN2)on1. The molecule has 1 aromatic rings. The van der Waals surface area contributed by atoms with Crippen molar-refractivity contribution in [1.82, 2.24) is 10.5 Å². The minimum absolute atomic E-state index is 0.478. The molecule has 1 atom stereocenters. The topological polar surface area (TPSA) is 64.1 Å². The van der Waals surface area contributed by atoms with Gasteiger partial charge < -0.3 is 15.6 Å². The van der Waals surface area contributed by atoms with Crippen LogP contribution in [0.1, 0.15) is 25.0 Å². The molecule has 2 rings (SSSR count). The molecule has 1 aliphatic heterocycles. The van der Waals surface area contributed by atoms with Crippen LogP contribution in [0, 0.1) is 0 Å². The maximum Gasteiger partial charge on any atom is 0.167 e. The highest BCUT2D eigenvalue weighted by atomic mass is 16.5. The minimum atomic E-state index is 0.478. The second-order valence-corrected chi connectivity index (χ2v) is 3.57. The molecule has 1 unspecified atom stereocenters. The third-order valence-corrected chi connectivity index (χ3v) is 2.44. The summed E-state index contributed by atoms with van der Waals surface area (Å²) in [7, 11) is 0. The van der Waals surface area contributed by atoms with E-state index in [4.69, 9.17) is 10.3 Å². The molecule has 3 N–H and O–H groups in total. The van der Waals surface area contributed by atoms with Gasteiger partial charge in [0.25, 0.3) is 0 Å². The predicted molar refractivity (Wildman–Crippen MR) is 50.3 cm³/mol. The average molecular weight is 181 g/mol. The van der Waals surface area contributed by atoms with Crippen molar-refractivity contribution in [2.75, 3.05) is 12.3 Å². The Balaban J connectivity index is 1.89. The molecule has 1 aromatic heterocycles. The number of aromatic nitrogens is 1. The maximum absolute atomic E-state index is 5.46. The Morgan fingerprint density at radius 3 is 3.15 bits per heavy atom. The van der Waals surface area contributed by atoms with E-state index in [0.717, 1.165) is 18.7 Å². The van der Waals surface area contributed by atoms with E-state index in [9.17, 15) is 0 Å². The zero-order chi connectivity index (χ0) is 9.10. The van der Waals surface area contributed by atoms with Gasteiger partial charge in [0.05, 0.1) is 0 Å². The fourth-order valence-corrected chi connectivity index (χ4v) is 1.77. The number of nitrogens with one attached hydrogen (secondary N) is 1. The molecule has 0 aromatic carbocycles. The van der Waals surface area contributed by atoms with Crippen LogP contribution in [0.15, 0.2) is 10.6 Å². The number of rotatable bonds is 2. The Kier molecular flexibility index (Phi) is 2.49. The van der Waals surface area contributed by atoms with Gasteiger partial charge in [-0.3, -0.25) is 0 Å². The predicted octanol–water partition coefficient (Wildman–Crippen LogP) is 0.941. The Morgan fingerprint density at radius 1 is 1.62 bits per heavy atom. The van der Waals surface area contributed by atoms with Crippen molar-refractivity contribution in [2.45, 2.75) is 31.7 Å². The number of hydrogen-bond donors (Lipinski definition) is 2. The Bertz CT molecular complexity index is 266. The molecule has 1 saturated heterocycles. The molecule has 0 aliphatic carbocycles. The van der Waals surface area contributed by atoms with Gasteiger partial charge in [-0.05, 0) is 19.4 Å². The van der Waals surface area contributed by atoms with Gasteiger partial charge in [-0.2, -0.15) is 0 Å². The standard InChI is InChI=1S/C9H15N3O/c10-9-6-8(13-12-9)5-7-3-1-2-4-11-7/h6-7,11H,1-5H2,(H2,10,12). The minimum Gasteiger partial charge on any atom is -0.381 e. The molecule has 1 fully saturated rings. The van der Waals surface area contributed by atoms with E-state index in [2.05, 4.69) is 10.5 Å². The summed E-state index contributed by atoms with van der Waals surface area (Å²) in [6, 6.07) is 2.34. The molecular formula is C9H15N3O. The van der Waals surface area contributed by atoms with Crippen molar-refractivity contribution in [3.8, 4) is 0 Å². The highest BCUT2D eigenvalue weighted by Gasteiger charge is 2.14. The van der Waals surface area contributed by atoms with Gasteiger partial charge in [0, 0.05) is 18.5 Å². The van der Waals surface area contributed by atoms with Gasteiger partial charge in [-0.15, -0.1) is 0 Å². The largest absolute Gasteiger partial charge is 0.381 e. The first kappa shape index (κ1) is 8.56. The molecule has 0 bridgehead atoms. The van der Waals surface area contributed by atoms with Gasteiger partial charge in [0.15, 0.2) is 5.82 Å². The summed E-state index contributed by atoms with van der Waals surface area (Å²) >= 11 is 0. The van der Waals surface area contributed by atoms with Crippen LogP contribution in [0.4, 0.5) is 5.82 Å². The summed E-state index contributed by atoms with van der Waals surface area (Å²) in [5.74, 6) is 1.36. The molecule has 4 nitrogen and oxygen atoms in total. The number of anilines is 1. The summed E-state index contributed by atoms with van der Waals surface area (Å²) in [6.45, 7) is 1.12. The molecule has 2 heterocycles. The first-order valence-electron chi connectivity index (χ1n) is 4.79. The van der Waals surface area contributed by atoms with Crippen LogP contribution in [0.3, 0.4) is 0 Å². The van der Waals surface area contributed by atoms with Crippen LogP contribution in [0.5, 0.6) is 0 Å². The van der Waals surface area contributed by atoms with Crippen LogP contribution in [0.2, 0.25) is 0 Å². The van der Waals surface area contributed by atoms with Crippen LogP contribution >= 0.6 is 0 Å². The van der Waals surface area contributed by atoms with Gasteiger partial charge in [0.2, 0.25) is 0 Å². The van der Waals surface area contributed by atoms with Gasteiger partial charge in [-0.25, -0.2) is 0 Å². The molecule has 4 heteroatoms. The van der Waals surface area contributed by atoms with E-state index >= 15 is 0 Å². The third-order valence-electron chi connectivity index (χ3n) is 2.44. The lowest BCUT2D eigenvalue weighted by Gasteiger charge is -2.21. The summed E-state index contributed by atoms with van der Waals surface area (Å²) in [5, 5.41) is 7.11. The van der Waals surface area contributed by atoms with Crippen LogP contribution in [0.25, 0.3) is 0 Å². The van der Waals surface area contributed by atoms with Crippen molar-refractivity contribution < 1.29 is 4.52 Å². The van der Waals surface area contributed by atoms with E-state index in [-0.39, 0.29) is 0 Å². The molecule has 13 heavy (non-hydrogen) atoms. The zero-order valence-corrected chi connectivity index (χ0v) is 7.62. The first-order valence-corrected chi connectivity index (χ1v) is 4.79. The Labute approximate surface area is 77.5 Å². The highest BCUT2D eigenvalue weighted by Crippen LogP contribution is 2.13. The van der Waals surface area contributed by atoms with Crippen LogP contribution in [-0.4, -0.2) is 17.7 Å². The second-order valence-electron chi connectivity index (χ2n) is 3.57. The zero-order valence-electron chi connectivity index (χ0n) is 7.62. The van der Waals surface area contributed by atoms with Crippen molar-refractivity contribution in [2.24, 2.45) is 0 Å². The fourth-order valence-electron chi connectivity index (χ4n) is 1.77. The third kappa shape index (κ3) is 2.21. The molecule has 72 valence electrons. The number of nitrogen functional groups attached to an aromatic ring is 1. The highest BCUT2D eigenvalue weighted by molar-refractivity contribution is 5.26. The van der Waals surface area contributed by atoms with Crippen molar-refractivity contribution in [3.05, 3.63) is 11.8 Å². The summed E-state index contributed by atoms with van der Waals surface area (Å²) in [4.78, 5) is 0. The molecular weight excluding hydrogens is 166 g/mol. The molecule has 0 radical (unpaired) electrons. The molecule has 1 aliphatic rings. The maximum atomic E-state index is 5.46. The van der Waals surface area contributed by atoms with E-state index in [1.165, 1.54) is 19.3 Å². The monoisotopic (exact) mass is 181 g/mol. The van der Waals surface area contributed by atoms with Crippen molar-refractivity contribution >= 4 is 5.82 Å². The first-order chi connectivity index (χ1) is 6.34. The molecule has 0 spiro atoms. The number of nitrogens with zero attached hydrogens (tertiary/aromatic N) is 1. The second kappa shape index (κ2) is 3.79. The summed E-state index contributed by atoms with van der Waals surface area (Å²) in [5.41, 5.74) is 5.46. The van der Waals surface area contributed by atoms with E-state index in [0.29, 0.717) is 11.9 Å².